The zero-order valence-corrected chi connectivity index (χ0v) is 12.8. The summed E-state index contributed by atoms with van der Waals surface area (Å²) in [6.45, 7) is 0. The lowest BCUT2D eigenvalue weighted by Gasteiger charge is -2.08. The number of ether oxygens (including phenoxy) is 1. The van der Waals surface area contributed by atoms with Gasteiger partial charge in [-0.05, 0) is 48.5 Å². The molecule has 0 bridgehead atoms. The molecule has 3 rings (SSSR count). The lowest BCUT2D eigenvalue weighted by molar-refractivity contribution is 0.415. The van der Waals surface area contributed by atoms with Gasteiger partial charge in [-0.2, -0.15) is 0 Å². The first kappa shape index (κ1) is 14.9. The van der Waals surface area contributed by atoms with Gasteiger partial charge < -0.3 is 9.84 Å². The molecular weight excluding hydrogens is 286 g/mol. The first-order valence-corrected chi connectivity index (χ1v) is 7.34. The van der Waals surface area contributed by atoms with E-state index in [1.54, 1.807) is 19.2 Å². The van der Waals surface area contributed by atoms with Crippen molar-refractivity contribution in [1.82, 2.24) is 0 Å². The molecule has 0 aliphatic rings. The lowest BCUT2D eigenvalue weighted by atomic mass is 10.0. The van der Waals surface area contributed by atoms with Crippen molar-refractivity contribution in [3.8, 4) is 11.5 Å². The third-order valence-corrected chi connectivity index (χ3v) is 3.50. The first-order chi connectivity index (χ1) is 11.3. The van der Waals surface area contributed by atoms with Gasteiger partial charge in [0.15, 0.2) is 0 Å². The summed E-state index contributed by atoms with van der Waals surface area (Å²) in [4.78, 5) is 4.78. The maximum absolute atomic E-state index is 9.50. The van der Waals surface area contributed by atoms with E-state index >= 15 is 0 Å². The molecule has 0 saturated carbocycles. The van der Waals surface area contributed by atoms with E-state index in [0.717, 1.165) is 28.3 Å². The topological polar surface area (TPSA) is 41.8 Å². The Bertz CT molecular complexity index is 791. The van der Waals surface area contributed by atoms with Crippen LogP contribution in [0, 0.1) is 0 Å². The Labute approximate surface area is 135 Å². The third kappa shape index (κ3) is 3.58. The third-order valence-electron chi connectivity index (χ3n) is 3.50. The highest BCUT2D eigenvalue weighted by Gasteiger charge is 2.07. The average Bonchev–Trinajstić information content (AvgIpc) is 2.62. The molecule has 23 heavy (non-hydrogen) atoms. The van der Waals surface area contributed by atoms with Crippen molar-refractivity contribution in [1.29, 1.82) is 0 Å². The molecule has 1 N–H and O–H groups in total. The Hall–Kier alpha value is -3.07. The standard InChI is InChI=1S/C20H17NO2/c1-23-19-13-9-17(10-14-19)21-20(15-5-3-2-4-6-15)16-7-11-18(22)12-8-16/h2-14,22H,1H3. The number of hydrogen-bond donors (Lipinski definition) is 1. The molecule has 3 nitrogen and oxygen atoms in total. The molecule has 0 fully saturated rings. The molecule has 0 spiro atoms. The van der Waals surface area contributed by atoms with E-state index in [1.807, 2.05) is 66.7 Å². The first-order valence-electron chi connectivity index (χ1n) is 7.34. The van der Waals surface area contributed by atoms with Crippen LogP contribution in [0.25, 0.3) is 0 Å². The van der Waals surface area contributed by atoms with Gasteiger partial charge in [0.1, 0.15) is 11.5 Å². The van der Waals surface area contributed by atoms with Gasteiger partial charge in [0.25, 0.3) is 0 Å². The zero-order chi connectivity index (χ0) is 16.1. The van der Waals surface area contributed by atoms with Crippen molar-refractivity contribution in [2.24, 2.45) is 4.99 Å². The van der Waals surface area contributed by atoms with Crippen molar-refractivity contribution in [3.63, 3.8) is 0 Å². The Balaban J connectivity index is 2.07. The monoisotopic (exact) mass is 303 g/mol. The molecule has 0 aliphatic heterocycles. The van der Waals surface area contributed by atoms with Gasteiger partial charge in [0.05, 0.1) is 18.5 Å². The molecule has 3 aromatic rings. The van der Waals surface area contributed by atoms with Gasteiger partial charge in [-0.1, -0.05) is 30.3 Å². The second kappa shape index (κ2) is 6.79. The number of benzene rings is 3. The Morgan fingerprint density at radius 2 is 1.39 bits per heavy atom. The predicted octanol–water partition coefficient (Wildman–Crippen LogP) is 4.57. The Kier molecular flexibility index (Phi) is 4.39. The van der Waals surface area contributed by atoms with Crippen molar-refractivity contribution in [2.45, 2.75) is 0 Å². The van der Waals surface area contributed by atoms with E-state index in [1.165, 1.54) is 0 Å². The molecule has 0 heterocycles. The van der Waals surface area contributed by atoms with Gasteiger partial charge in [0.2, 0.25) is 0 Å². The molecule has 0 aromatic heterocycles. The summed E-state index contributed by atoms with van der Waals surface area (Å²) in [5, 5.41) is 9.50. The fourth-order valence-electron chi connectivity index (χ4n) is 2.30. The van der Waals surface area contributed by atoms with Crippen LogP contribution in [0.3, 0.4) is 0 Å². The molecule has 0 amide bonds. The van der Waals surface area contributed by atoms with Crippen LogP contribution < -0.4 is 4.74 Å². The van der Waals surface area contributed by atoms with Gasteiger partial charge in [-0.15, -0.1) is 0 Å². The SMILES string of the molecule is COc1ccc(N=C(c2ccccc2)c2ccc(O)cc2)cc1. The average molecular weight is 303 g/mol. The maximum Gasteiger partial charge on any atom is 0.119 e. The van der Waals surface area contributed by atoms with E-state index in [4.69, 9.17) is 9.73 Å². The van der Waals surface area contributed by atoms with Crippen LogP contribution in [0.5, 0.6) is 11.5 Å². The number of nitrogens with zero attached hydrogens (tertiary/aromatic N) is 1. The second-order valence-corrected chi connectivity index (χ2v) is 5.07. The van der Waals surface area contributed by atoms with Crippen molar-refractivity contribution in [3.05, 3.63) is 90.0 Å². The van der Waals surface area contributed by atoms with Gasteiger partial charge in [-0.25, -0.2) is 4.99 Å². The van der Waals surface area contributed by atoms with E-state index in [-0.39, 0.29) is 5.75 Å². The summed E-state index contributed by atoms with van der Waals surface area (Å²) in [5.41, 5.74) is 3.67. The molecule has 3 aromatic carbocycles. The van der Waals surface area contributed by atoms with Crippen LogP contribution in [-0.2, 0) is 0 Å². The van der Waals surface area contributed by atoms with Crippen LogP contribution >= 0.6 is 0 Å². The van der Waals surface area contributed by atoms with Crippen LogP contribution in [0.4, 0.5) is 5.69 Å². The van der Waals surface area contributed by atoms with E-state index in [0.29, 0.717) is 0 Å². The fraction of sp³-hybridized carbons (Fsp3) is 0.0500. The highest BCUT2D eigenvalue weighted by Crippen LogP contribution is 2.22. The van der Waals surface area contributed by atoms with Crippen LogP contribution in [-0.4, -0.2) is 17.9 Å². The summed E-state index contributed by atoms with van der Waals surface area (Å²) in [7, 11) is 1.64. The minimum Gasteiger partial charge on any atom is -0.508 e. The fourth-order valence-corrected chi connectivity index (χ4v) is 2.30. The number of phenols is 1. The summed E-state index contributed by atoms with van der Waals surface area (Å²) >= 11 is 0. The van der Waals surface area contributed by atoms with Crippen molar-refractivity contribution in [2.75, 3.05) is 7.11 Å². The number of aromatic hydroxyl groups is 1. The molecule has 0 aliphatic carbocycles. The number of hydrogen-bond acceptors (Lipinski definition) is 3. The van der Waals surface area contributed by atoms with Crippen molar-refractivity contribution >= 4 is 11.4 Å². The highest BCUT2D eigenvalue weighted by molar-refractivity contribution is 6.14. The Morgan fingerprint density at radius 1 is 0.783 bits per heavy atom. The molecular formula is C20H17NO2. The van der Waals surface area contributed by atoms with Gasteiger partial charge >= 0.3 is 0 Å². The number of aliphatic imine (C=N–C) groups is 1. The van der Waals surface area contributed by atoms with Crippen LogP contribution in [0.15, 0.2) is 83.9 Å². The predicted molar refractivity (Wildman–Crippen MR) is 92.8 cm³/mol. The number of rotatable bonds is 4. The van der Waals surface area contributed by atoms with E-state index in [2.05, 4.69) is 0 Å². The minimum atomic E-state index is 0.241. The summed E-state index contributed by atoms with van der Waals surface area (Å²) in [5.74, 6) is 1.04. The molecule has 0 radical (unpaired) electrons. The molecule has 0 unspecified atom stereocenters. The number of phenolic OH excluding ortho intramolecular Hbond substituents is 1. The molecule has 3 heteroatoms. The van der Waals surface area contributed by atoms with Gasteiger partial charge in [0, 0.05) is 11.1 Å². The smallest absolute Gasteiger partial charge is 0.119 e. The Morgan fingerprint density at radius 3 is 2.00 bits per heavy atom. The number of methoxy groups -OCH3 is 1. The molecule has 114 valence electrons. The zero-order valence-electron chi connectivity index (χ0n) is 12.8. The summed E-state index contributed by atoms with van der Waals surface area (Å²) in [6, 6.07) is 24.7. The normalized spacial score (nSPS) is 11.3. The van der Waals surface area contributed by atoms with Crippen LogP contribution in [0.2, 0.25) is 0 Å². The van der Waals surface area contributed by atoms with Crippen LogP contribution in [0.1, 0.15) is 11.1 Å². The maximum atomic E-state index is 9.50. The highest BCUT2D eigenvalue weighted by atomic mass is 16.5. The molecule has 0 saturated heterocycles. The summed E-state index contributed by atoms with van der Waals surface area (Å²) < 4.78 is 5.18. The van der Waals surface area contributed by atoms with Gasteiger partial charge in [-0.3, -0.25) is 0 Å². The molecule has 0 atom stereocenters. The summed E-state index contributed by atoms with van der Waals surface area (Å²) in [6.07, 6.45) is 0. The largest absolute Gasteiger partial charge is 0.508 e. The second-order valence-electron chi connectivity index (χ2n) is 5.07. The van der Waals surface area contributed by atoms with Crippen molar-refractivity contribution < 1.29 is 9.84 Å². The minimum absolute atomic E-state index is 0.241. The lowest BCUT2D eigenvalue weighted by Crippen LogP contribution is -2.02. The van der Waals surface area contributed by atoms with E-state index < -0.39 is 0 Å². The quantitative estimate of drug-likeness (QED) is 0.717. The van der Waals surface area contributed by atoms with E-state index in [9.17, 15) is 5.11 Å².